The highest BCUT2D eigenvalue weighted by Crippen LogP contribution is 2.60. The molecule has 0 amide bonds. The summed E-state index contributed by atoms with van der Waals surface area (Å²) >= 11 is 0. The van der Waals surface area contributed by atoms with Gasteiger partial charge < -0.3 is 0 Å². The van der Waals surface area contributed by atoms with Crippen molar-refractivity contribution in [3.05, 3.63) is 126 Å². The smallest absolute Gasteiger partial charge is 0.164 e. The van der Waals surface area contributed by atoms with Gasteiger partial charge in [-0.15, -0.1) is 0 Å². The molecular formula is C42H34N4. The van der Waals surface area contributed by atoms with Gasteiger partial charge in [0.25, 0.3) is 0 Å². The molecule has 10 rings (SSSR count). The van der Waals surface area contributed by atoms with E-state index in [1.165, 1.54) is 44.1 Å². The normalized spacial score (nSPS) is 23.0. The first kappa shape index (κ1) is 27.2. The topological polar surface area (TPSA) is 62.5 Å². The minimum absolute atomic E-state index is 0.366. The zero-order valence-electron chi connectivity index (χ0n) is 25.7. The van der Waals surface area contributed by atoms with E-state index in [-0.39, 0.29) is 0 Å². The number of benzene rings is 5. The van der Waals surface area contributed by atoms with E-state index < -0.39 is 0 Å². The van der Waals surface area contributed by atoms with E-state index in [9.17, 15) is 5.26 Å². The van der Waals surface area contributed by atoms with Crippen LogP contribution >= 0.6 is 0 Å². The van der Waals surface area contributed by atoms with Crippen LogP contribution in [0, 0.1) is 29.1 Å². The van der Waals surface area contributed by atoms with Crippen LogP contribution in [0.25, 0.3) is 56.1 Å². The van der Waals surface area contributed by atoms with Crippen molar-refractivity contribution >= 4 is 10.8 Å². The molecule has 0 saturated heterocycles. The monoisotopic (exact) mass is 594 g/mol. The largest absolute Gasteiger partial charge is 0.208 e. The fraction of sp³-hybridized carbons (Fsp3) is 0.238. The van der Waals surface area contributed by atoms with Gasteiger partial charge in [-0.1, -0.05) is 97.1 Å². The summed E-state index contributed by atoms with van der Waals surface area (Å²) in [5.41, 5.74) is 7.66. The van der Waals surface area contributed by atoms with E-state index in [0.717, 1.165) is 56.3 Å². The third-order valence-corrected chi connectivity index (χ3v) is 10.9. The summed E-state index contributed by atoms with van der Waals surface area (Å²) < 4.78 is 0. The predicted molar refractivity (Wildman–Crippen MR) is 184 cm³/mol. The van der Waals surface area contributed by atoms with E-state index in [1.54, 1.807) is 0 Å². The van der Waals surface area contributed by atoms with E-state index in [1.807, 2.05) is 42.5 Å². The van der Waals surface area contributed by atoms with Gasteiger partial charge in [-0.05, 0) is 107 Å². The summed E-state index contributed by atoms with van der Waals surface area (Å²) in [5.74, 6) is 4.79. The maximum absolute atomic E-state index is 9.41. The lowest BCUT2D eigenvalue weighted by Crippen LogP contribution is -2.48. The Labute approximate surface area is 269 Å². The van der Waals surface area contributed by atoms with Gasteiger partial charge >= 0.3 is 0 Å². The molecule has 4 nitrogen and oxygen atoms in total. The summed E-state index contributed by atoms with van der Waals surface area (Å²) in [5, 5.41) is 11.6. The van der Waals surface area contributed by atoms with Crippen LogP contribution in [0.4, 0.5) is 0 Å². The zero-order valence-corrected chi connectivity index (χ0v) is 25.7. The van der Waals surface area contributed by atoms with Crippen LogP contribution in [0.15, 0.2) is 115 Å². The predicted octanol–water partition coefficient (Wildman–Crippen LogP) is 10.0. The fourth-order valence-electron chi connectivity index (χ4n) is 9.22. The van der Waals surface area contributed by atoms with Gasteiger partial charge in [-0.2, -0.15) is 5.26 Å². The lowest BCUT2D eigenvalue weighted by molar-refractivity contribution is -0.00518. The molecule has 4 aliphatic carbocycles. The second kappa shape index (κ2) is 10.7. The van der Waals surface area contributed by atoms with E-state index >= 15 is 0 Å². The molecule has 0 N–H and O–H groups in total. The molecule has 0 unspecified atom stereocenters. The quantitative estimate of drug-likeness (QED) is 0.199. The van der Waals surface area contributed by atoms with Gasteiger partial charge in [0.2, 0.25) is 0 Å². The highest BCUT2D eigenvalue weighted by molar-refractivity contribution is 5.97. The molecule has 4 saturated carbocycles. The van der Waals surface area contributed by atoms with Crippen molar-refractivity contribution < 1.29 is 0 Å². The molecule has 222 valence electrons. The molecule has 0 atom stereocenters. The summed E-state index contributed by atoms with van der Waals surface area (Å²) in [6, 6.07) is 42.2. The third-order valence-electron chi connectivity index (χ3n) is 10.9. The van der Waals surface area contributed by atoms with Crippen molar-refractivity contribution in [3.8, 4) is 51.4 Å². The number of fused-ring (bicyclic) bond motifs is 1. The van der Waals surface area contributed by atoms with Gasteiger partial charge in [0.15, 0.2) is 17.5 Å². The highest BCUT2D eigenvalue weighted by Gasteiger charge is 2.51. The second-order valence-electron chi connectivity index (χ2n) is 13.9. The molecule has 0 radical (unpaired) electrons. The lowest BCUT2D eigenvalue weighted by atomic mass is 9.48. The van der Waals surface area contributed by atoms with E-state index in [0.29, 0.717) is 28.5 Å². The van der Waals surface area contributed by atoms with Crippen molar-refractivity contribution in [1.82, 2.24) is 15.0 Å². The van der Waals surface area contributed by atoms with Gasteiger partial charge in [-0.3, -0.25) is 0 Å². The highest BCUT2D eigenvalue weighted by atomic mass is 15.0. The maximum atomic E-state index is 9.41. The average molecular weight is 595 g/mol. The Bertz CT molecular complexity index is 2110. The Kier molecular flexibility index (Phi) is 6.35. The number of nitriles is 1. The molecular weight excluding hydrogens is 560 g/mol. The fourth-order valence-corrected chi connectivity index (χ4v) is 9.22. The summed E-state index contributed by atoms with van der Waals surface area (Å²) in [6.07, 6.45) is 8.45. The van der Waals surface area contributed by atoms with Crippen molar-refractivity contribution in [2.75, 3.05) is 0 Å². The van der Waals surface area contributed by atoms with Gasteiger partial charge in [0.1, 0.15) is 0 Å². The minimum atomic E-state index is 0.366. The number of hydrogen-bond donors (Lipinski definition) is 0. The summed E-state index contributed by atoms with van der Waals surface area (Å²) in [6.45, 7) is 0. The van der Waals surface area contributed by atoms with Crippen molar-refractivity contribution in [3.63, 3.8) is 0 Å². The van der Waals surface area contributed by atoms with Gasteiger partial charge in [-0.25, -0.2) is 15.0 Å². The first-order chi connectivity index (χ1) is 22.6. The van der Waals surface area contributed by atoms with Crippen LogP contribution in [0.2, 0.25) is 0 Å². The number of hydrogen-bond acceptors (Lipinski definition) is 4. The maximum Gasteiger partial charge on any atom is 0.164 e. The Balaban J connectivity index is 1.12. The molecule has 4 heteroatoms. The third kappa shape index (κ3) is 4.70. The van der Waals surface area contributed by atoms with E-state index in [4.69, 9.17) is 15.0 Å². The van der Waals surface area contributed by atoms with Crippen LogP contribution in [0.1, 0.15) is 49.7 Å². The van der Waals surface area contributed by atoms with E-state index in [2.05, 4.69) is 78.9 Å². The molecule has 5 aromatic carbocycles. The standard InChI is InChI=1S/C42H34N4/c43-26-27-12-17-38-33(21-27)9-5-11-37(38)34-8-4-10-35(22-34)41-45-39(31-6-2-1-3-7-31)44-40(46-41)32-13-15-36(16-14-32)42-23-28-18-29(24-42)20-30(19-28)25-42/h1-17,21-22,28-30H,18-20,23-25H2/t28-,29+,30-,42?. The molecule has 1 heterocycles. The second-order valence-corrected chi connectivity index (χ2v) is 13.9. The molecule has 0 aliphatic heterocycles. The zero-order chi connectivity index (χ0) is 30.7. The lowest BCUT2D eigenvalue weighted by Gasteiger charge is -2.57. The van der Waals surface area contributed by atoms with Crippen LogP contribution < -0.4 is 0 Å². The van der Waals surface area contributed by atoms with Crippen LogP contribution in [0.3, 0.4) is 0 Å². The first-order valence-corrected chi connectivity index (χ1v) is 16.6. The summed E-state index contributed by atoms with van der Waals surface area (Å²) in [7, 11) is 0. The number of rotatable bonds is 5. The van der Waals surface area contributed by atoms with Crippen molar-refractivity contribution in [2.45, 2.75) is 43.9 Å². The molecule has 0 spiro atoms. The SMILES string of the molecule is N#Cc1ccc2c(-c3cccc(-c4nc(-c5ccccc5)nc(-c5ccc(C67C[C@H]8C[C@@H](C6)C[C@@H](C7)C8)cc5)n4)c3)cccc2c1. The minimum Gasteiger partial charge on any atom is -0.208 e. The Morgan fingerprint density at radius 3 is 1.80 bits per heavy atom. The first-order valence-electron chi connectivity index (χ1n) is 16.6. The number of aromatic nitrogens is 3. The van der Waals surface area contributed by atoms with Gasteiger partial charge in [0.05, 0.1) is 11.6 Å². The Morgan fingerprint density at radius 2 is 1.13 bits per heavy atom. The van der Waals surface area contributed by atoms with Gasteiger partial charge in [0, 0.05) is 16.7 Å². The molecule has 4 bridgehead atoms. The molecule has 46 heavy (non-hydrogen) atoms. The van der Waals surface area contributed by atoms with Crippen LogP contribution in [0.5, 0.6) is 0 Å². The van der Waals surface area contributed by atoms with Crippen LogP contribution in [-0.2, 0) is 5.41 Å². The average Bonchev–Trinajstić information content (AvgIpc) is 3.11. The summed E-state index contributed by atoms with van der Waals surface area (Å²) in [4.78, 5) is 15.1. The van der Waals surface area contributed by atoms with Crippen molar-refractivity contribution in [2.24, 2.45) is 17.8 Å². The molecule has 6 aromatic rings. The number of nitrogens with zero attached hydrogens (tertiary/aromatic N) is 4. The van der Waals surface area contributed by atoms with Crippen LogP contribution in [-0.4, -0.2) is 15.0 Å². The molecule has 4 aliphatic rings. The molecule has 4 fully saturated rings. The molecule has 1 aromatic heterocycles. The Morgan fingerprint density at radius 1 is 0.543 bits per heavy atom. The Hall–Kier alpha value is -5.14. The van der Waals surface area contributed by atoms with Crippen molar-refractivity contribution in [1.29, 1.82) is 5.26 Å².